The Kier molecular flexibility index (Phi) is 12.9. The van der Waals surface area contributed by atoms with Crippen molar-refractivity contribution in [1.29, 1.82) is 0 Å². The second-order valence-corrected chi connectivity index (χ2v) is 15.4. The van der Waals surface area contributed by atoms with Gasteiger partial charge in [0.2, 0.25) is 10.0 Å². The number of halogens is 1. The van der Waals surface area contributed by atoms with Crippen LogP contribution in [-0.4, -0.2) is 86.3 Å². The molecule has 5 rings (SSSR count). The van der Waals surface area contributed by atoms with E-state index in [-0.39, 0.29) is 42.2 Å². The van der Waals surface area contributed by atoms with Gasteiger partial charge in [-0.2, -0.15) is 4.31 Å². The number of urea groups is 1. The lowest BCUT2D eigenvalue weighted by atomic mass is 10.0. The third-order valence-corrected chi connectivity index (χ3v) is 11.1. The highest BCUT2D eigenvalue weighted by Gasteiger charge is 2.32. The zero-order valence-electron chi connectivity index (χ0n) is 29.9. The average molecular weight is 735 g/mol. The van der Waals surface area contributed by atoms with Crippen LogP contribution in [0.2, 0.25) is 0 Å². The molecule has 0 unspecified atom stereocenters. The number of ether oxygens (including phenoxy) is 2. The van der Waals surface area contributed by atoms with Crippen molar-refractivity contribution in [2.75, 3.05) is 44.0 Å². The van der Waals surface area contributed by atoms with E-state index in [1.54, 1.807) is 25.1 Å². The Bertz CT molecular complexity index is 1950. The smallest absolute Gasteiger partial charge is 0.323 e. The van der Waals surface area contributed by atoms with Gasteiger partial charge >= 0.3 is 6.03 Å². The Morgan fingerprint density at radius 2 is 1.75 bits per heavy atom. The van der Waals surface area contributed by atoms with Crippen LogP contribution in [0.25, 0.3) is 10.8 Å². The standard InChI is InChI=1S/C39H47FN4O7S/c1-26-23-44(27(2)25-45)38(46)34-22-31(41-39(47)42-35-14-9-12-29-11-5-6-13-33(29)35)17-20-36(34)51-28(3)10-7-8-21-50-37(26)24-43(4)52(48,49)32-18-15-30(40)16-19-32/h5-6,9,11-20,22,26-28,37,45H,7-8,10,21,23-25H2,1-4H3,(H2,41,42,47)/t26-,27-,28-,37+/m1/s1. The molecular weight excluding hydrogens is 688 g/mol. The van der Waals surface area contributed by atoms with Gasteiger partial charge in [0.15, 0.2) is 0 Å². The van der Waals surface area contributed by atoms with Gasteiger partial charge in [-0.15, -0.1) is 0 Å². The lowest BCUT2D eigenvalue weighted by Gasteiger charge is -2.35. The van der Waals surface area contributed by atoms with E-state index >= 15 is 0 Å². The summed E-state index contributed by atoms with van der Waals surface area (Å²) in [5.41, 5.74) is 1.19. The van der Waals surface area contributed by atoms with Crippen LogP contribution in [0.4, 0.5) is 20.6 Å². The fourth-order valence-electron chi connectivity index (χ4n) is 6.22. The first kappa shape index (κ1) is 38.7. The number of amides is 3. The highest BCUT2D eigenvalue weighted by Crippen LogP contribution is 2.30. The number of fused-ring (bicyclic) bond motifs is 2. The number of likely N-dealkylation sites (N-methyl/N-ethyl adjacent to an activating group) is 1. The topological polar surface area (TPSA) is 138 Å². The number of rotatable bonds is 8. The monoisotopic (exact) mass is 734 g/mol. The van der Waals surface area contributed by atoms with Crippen LogP contribution in [-0.2, 0) is 14.8 Å². The molecule has 4 aromatic rings. The van der Waals surface area contributed by atoms with Crippen LogP contribution >= 0.6 is 0 Å². The summed E-state index contributed by atoms with van der Waals surface area (Å²) < 4.78 is 54.1. The van der Waals surface area contributed by atoms with E-state index in [1.165, 1.54) is 28.4 Å². The van der Waals surface area contributed by atoms with Crippen molar-refractivity contribution in [1.82, 2.24) is 9.21 Å². The van der Waals surface area contributed by atoms with Crippen LogP contribution in [0.1, 0.15) is 50.4 Å². The molecule has 3 amide bonds. The molecule has 3 N–H and O–H groups in total. The van der Waals surface area contributed by atoms with Gasteiger partial charge in [-0.25, -0.2) is 17.6 Å². The SMILES string of the molecule is C[C@@H]1CCCCO[C@@H](CN(C)S(=O)(=O)c2ccc(F)cc2)[C@H](C)CN([C@H](C)CO)C(=O)c2cc(NC(=O)Nc3cccc4ccccc34)ccc2O1. The van der Waals surface area contributed by atoms with Gasteiger partial charge in [-0.3, -0.25) is 4.79 Å². The number of carbonyl (C=O) groups is 2. The van der Waals surface area contributed by atoms with Crippen LogP contribution in [0.5, 0.6) is 5.75 Å². The Balaban J connectivity index is 1.41. The molecule has 1 aliphatic rings. The van der Waals surface area contributed by atoms with Crippen molar-refractivity contribution in [3.8, 4) is 5.75 Å². The first-order chi connectivity index (χ1) is 24.9. The molecule has 0 fully saturated rings. The summed E-state index contributed by atoms with van der Waals surface area (Å²) in [5.74, 6) is -1.02. The van der Waals surface area contributed by atoms with Crippen LogP contribution in [0.3, 0.4) is 0 Å². The summed E-state index contributed by atoms with van der Waals surface area (Å²) in [6.07, 6.45) is 1.25. The summed E-state index contributed by atoms with van der Waals surface area (Å²) in [7, 11) is -2.52. The van der Waals surface area contributed by atoms with E-state index in [0.717, 1.165) is 29.3 Å². The summed E-state index contributed by atoms with van der Waals surface area (Å²) in [6.45, 7) is 5.63. The Labute approximate surface area is 304 Å². The normalized spacial score (nSPS) is 19.7. The first-order valence-corrected chi connectivity index (χ1v) is 18.9. The molecule has 0 saturated heterocycles. The molecule has 0 saturated carbocycles. The zero-order valence-corrected chi connectivity index (χ0v) is 30.7. The third kappa shape index (κ3) is 9.45. The summed E-state index contributed by atoms with van der Waals surface area (Å²) >= 11 is 0. The predicted molar refractivity (Wildman–Crippen MR) is 200 cm³/mol. The number of carbonyl (C=O) groups excluding carboxylic acids is 2. The molecule has 1 heterocycles. The minimum Gasteiger partial charge on any atom is -0.490 e. The van der Waals surface area contributed by atoms with Crippen molar-refractivity contribution >= 4 is 44.1 Å². The van der Waals surface area contributed by atoms with Gasteiger partial charge in [0.05, 0.1) is 41.0 Å². The van der Waals surface area contributed by atoms with E-state index in [4.69, 9.17) is 9.47 Å². The predicted octanol–water partition coefficient (Wildman–Crippen LogP) is 6.74. The van der Waals surface area contributed by atoms with E-state index in [0.29, 0.717) is 36.6 Å². The van der Waals surface area contributed by atoms with Crippen molar-refractivity contribution in [3.63, 3.8) is 0 Å². The average Bonchev–Trinajstić information content (AvgIpc) is 3.13. The fourth-order valence-corrected chi connectivity index (χ4v) is 7.40. The van der Waals surface area contributed by atoms with Crippen molar-refractivity contribution in [2.24, 2.45) is 5.92 Å². The molecule has 0 aliphatic carbocycles. The fraction of sp³-hybridized carbons (Fsp3) is 0.385. The van der Waals surface area contributed by atoms with Gasteiger partial charge in [0.1, 0.15) is 11.6 Å². The molecule has 278 valence electrons. The van der Waals surface area contributed by atoms with Gasteiger partial charge in [-0.05, 0) is 87.0 Å². The Morgan fingerprint density at radius 3 is 2.50 bits per heavy atom. The Hall–Kier alpha value is -4.56. The van der Waals surface area contributed by atoms with Gasteiger partial charge in [0.25, 0.3) is 5.91 Å². The van der Waals surface area contributed by atoms with E-state index in [1.807, 2.05) is 56.3 Å². The number of aliphatic hydroxyl groups is 1. The second kappa shape index (κ2) is 17.3. The minimum atomic E-state index is -3.97. The summed E-state index contributed by atoms with van der Waals surface area (Å²) in [4.78, 5) is 29.1. The maximum atomic E-state index is 14.5. The zero-order chi connectivity index (χ0) is 37.4. The van der Waals surface area contributed by atoms with Gasteiger partial charge < -0.3 is 30.1 Å². The van der Waals surface area contributed by atoms with Crippen LogP contribution in [0, 0.1) is 11.7 Å². The lowest BCUT2D eigenvalue weighted by molar-refractivity contribution is -0.00834. The molecule has 4 atom stereocenters. The van der Waals surface area contributed by atoms with E-state index in [9.17, 15) is 27.5 Å². The molecule has 0 aromatic heterocycles. The molecule has 11 nitrogen and oxygen atoms in total. The van der Waals surface area contributed by atoms with Gasteiger partial charge in [-0.1, -0.05) is 43.3 Å². The number of anilines is 2. The first-order valence-electron chi connectivity index (χ1n) is 17.5. The number of sulfonamides is 1. The Morgan fingerprint density at radius 1 is 1.02 bits per heavy atom. The number of benzene rings is 4. The number of hydrogen-bond acceptors (Lipinski definition) is 7. The second-order valence-electron chi connectivity index (χ2n) is 13.4. The minimum absolute atomic E-state index is 0.0214. The number of aliphatic hydroxyl groups excluding tert-OH is 1. The van der Waals surface area contributed by atoms with Crippen LogP contribution < -0.4 is 15.4 Å². The molecule has 0 radical (unpaired) electrons. The number of hydrogen-bond donors (Lipinski definition) is 3. The highest BCUT2D eigenvalue weighted by atomic mass is 32.2. The molecule has 52 heavy (non-hydrogen) atoms. The van der Waals surface area contributed by atoms with Crippen LogP contribution in [0.15, 0.2) is 89.8 Å². The number of nitrogens with one attached hydrogen (secondary N) is 2. The van der Waals surface area contributed by atoms with E-state index in [2.05, 4.69) is 10.6 Å². The molecule has 4 aromatic carbocycles. The molecule has 1 aliphatic heterocycles. The van der Waals surface area contributed by atoms with Gasteiger partial charge in [0, 0.05) is 43.7 Å². The maximum absolute atomic E-state index is 14.5. The van der Waals surface area contributed by atoms with Crippen molar-refractivity contribution < 1.29 is 37.0 Å². The summed E-state index contributed by atoms with van der Waals surface area (Å²) in [6, 6.07) is 21.8. The molecule has 0 spiro atoms. The summed E-state index contributed by atoms with van der Waals surface area (Å²) in [5, 5.41) is 17.9. The molecule has 13 heteroatoms. The maximum Gasteiger partial charge on any atom is 0.323 e. The highest BCUT2D eigenvalue weighted by molar-refractivity contribution is 7.89. The molecular formula is C39H47FN4O7S. The van der Waals surface area contributed by atoms with E-state index < -0.39 is 39.9 Å². The lowest BCUT2D eigenvalue weighted by Crippen LogP contribution is -2.48. The molecule has 0 bridgehead atoms. The third-order valence-electron chi connectivity index (χ3n) is 9.31. The van der Waals surface area contributed by atoms with Crippen molar-refractivity contribution in [3.05, 3.63) is 96.3 Å². The largest absolute Gasteiger partial charge is 0.490 e. The van der Waals surface area contributed by atoms with Crippen molar-refractivity contribution in [2.45, 2.75) is 63.2 Å². The number of nitrogens with zero attached hydrogens (tertiary/aromatic N) is 2. The quantitative estimate of drug-likeness (QED) is 0.182.